The van der Waals surface area contributed by atoms with Crippen LogP contribution in [-0.2, 0) is 27.4 Å². The summed E-state index contributed by atoms with van der Waals surface area (Å²) in [5.74, 6) is -1.49. The van der Waals surface area contributed by atoms with Crippen LogP contribution >= 0.6 is 0 Å². The number of nitrogens with zero attached hydrogens (tertiary/aromatic N) is 2. The second kappa shape index (κ2) is 9.24. The monoisotopic (exact) mass is 557 g/mol. The number of halogens is 3. The van der Waals surface area contributed by atoms with E-state index < -0.39 is 56.6 Å². The van der Waals surface area contributed by atoms with Crippen LogP contribution in [0.4, 0.5) is 18.9 Å². The minimum Gasteiger partial charge on any atom is -0.480 e. The molecule has 1 atom stereocenters. The van der Waals surface area contributed by atoms with Crippen LogP contribution in [0.1, 0.15) is 22.7 Å². The Morgan fingerprint density at radius 1 is 1.08 bits per heavy atom. The van der Waals surface area contributed by atoms with Crippen molar-refractivity contribution in [2.75, 3.05) is 19.3 Å². The van der Waals surface area contributed by atoms with Gasteiger partial charge in [-0.1, -0.05) is 54.6 Å². The summed E-state index contributed by atoms with van der Waals surface area (Å²) in [5, 5.41) is 10.8. The fraction of sp³-hybridized carbons (Fsp3) is 0.185. The number of anilines is 1. The molecule has 2 heterocycles. The molecule has 0 fully saturated rings. The van der Waals surface area contributed by atoms with Crippen molar-refractivity contribution in [3.8, 4) is 11.1 Å². The molecule has 0 amide bonds. The molecule has 0 saturated carbocycles. The zero-order valence-electron chi connectivity index (χ0n) is 20.4. The van der Waals surface area contributed by atoms with Gasteiger partial charge in [-0.3, -0.25) is 9.36 Å². The maximum absolute atomic E-state index is 13.7. The van der Waals surface area contributed by atoms with Gasteiger partial charge in [0.25, 0.3) is 15.6 Å². The Morgan fingerprint density at radius 3 is 2.44 bits per heavy atom. The maximum Gasteiger partial charge on any atom is 0.416 e. The SMILES string of the molecule is CN1CC(C(=O)O)n2c(c(-c3cccc(C(F)(F)F)c3)c(Cc3cccc4ccccc34)c(N)c2=O)S1(=O)=O. The van der Waals surface area contributed by atoms with Crippen LogP contribution in [-0.4, -0.2) is 42.0 Å². The van der Waals surface area contributed by atoms with E-state index in [4.69, 9.17) is 5.73 Å². The molecule has 0 spiro atoms. The Labute approximate surface area is 220 Å². The lowest BCUT2D eigenvalue weighted by Crippen LogP contribution is -2.48. The van der Waals surface area contributed by atoms with Crippen molar-refractivity contribution < 1.29 is 31.5 Å². The van der Waals surface area contributed by atoms with Crippen LogP contribution in [0.5, 0.6) is 0 Å². The number of fused-ring (bicyclic) bond motifs is 2. The van der Waals surface area contributed by atoms with E-state index in [9.17, 15) is 36.3 Å². The van der Waals surface area contributed by atoms with Crippen LogP contribution in [0.15, 0.2) is 76.6 Å². The van der Waals surface area contributed by atoms with Crippen molar-refractivity contribution in [1.29, 1.82) is 0 Å². The first-order chi connectivity index (χ1) is 18.3. The number of carbonyl (C=O) groups is 1. The number of sulfonamides is 1. The van der Waals surface area contributed by atoms with E-state index in [-0.39, 0.29) is 23.1 Å². The van der Waals surface area contributed by atoms with Gasteiger partial charge < -0.3 is 10.8 Å². The molecule has 0 radical (unpaired) electrons. The molecular weight excluding hydrogens is 535 g/mol. The number of nitrogen functional groups attached to an aromatic ring is 1. The summed E-state index contributed by atoms with van der Waals surface area (Å²) >= 11 is 0. The molecule has 39 heavy (non-hydrogen) atoms. The third kappa shape index (κ3) is 4.35. The summed E-state index contributed by atoms with van der Waals surface area (Å²) in [6.45, 7) is -0.561. The summed E-state index contributed by atoms with van der Waals surface area (Å²) in [5.41, 5.74) is 3.99. The van der Waals surface area contributed by atoms with Crippen LogP contribution in [0, 0.1) is 0 Å². The lowest BCUT2D eigenvalue weighted by atomic mass is 9.92. The van der Waals surface area contributed by atoms with E-state index in [2.05, 4.69) is 0 Å². The van der Waals surface area contributed by atoms with Gasteiger partial charge in [0.1, 0.15) is 11.7 Å². The molecule has 0 saturated heterocycles. The van der Waals surface area contributed by atoms with Crippen molar-refractivity contribution in [1.82, 2.24) is 8.87 Å². The average molecular weight is 558 g/mol. The molecule has 4 aromatic rings. The number of alkyl halides is 3. The maximum atomic E-state index is 13.7. The van der Waals surface area contributed by atoms with Gasteiger partial charge in [0, 0.05) is 25.6 Å². The highest BCUT2D eigenvalue weighted by Gasteiger charge is 2.43. The molecule has 5 rings (SSSR count). The Morgan fingerprint density at radius 2 is 1.74 bits per heavy atom. The molecule has 202 valence electrons. The van der Waals surface area contributed by atoms with Crippen molar-refractivity contribution in [2.24, 2.45) is 0 Å². The highest BCUT2D eigenvalue weighted by Crippen LogP contribution is 2.41. The third-order valence-corrected chi connectivity index (χ3v) is 8.78. The summed E-state index contributed by atoms with van der Waals surface area (Å²) in [4.78, 5) is 25.6. The minimum atomic E-state index is -4.75. The van der Waals surface area contributed by atoms with Gasteiger partial charge in [-0.25, -0.2) is 13.2 Å². The van der Waals surface area contributed by atoms with E-state index in [1.807, 2.05) is 24.3 Å². The van der Waals surface area contributed by atoms with E-state index >= 15 is 0 Å². The molecule has 1 aliphatic heterocycles. The lowest BCUT2D eigenvalue weighted by Gasteiger charge is -2.34. The van der Waals surface area contributed by atoms with E-state index in [1.165, 1.54) is 6.07 Å². The second-order valence-corrected chi connectivity index (χ2v) is 11.2. The van der Waals surface area contributed by atoms with Gasteiger partial charge >= 0.3 is 12.1 Å². The number of likely N-dealkylation sites (N-methyl/N-ethyl adjacent to an activating group) is 1. The predicted octanol–water partition coefficient (Wildman–Crippen LogP) is 4.12. The van der Waals surface area contributed by atoms with Gasteiger partial charge in [0.05, 0.1) is 5.56 Å². The molecule has 1 aromatic heterocycles. The quantitative estimate of drug-likeness (QED) is 0.389. The number of benzene rings is 3. The van der Waals surface area contributed by atoms with Crippen LogP contribution < -0.4 is 11.3 Å². The van der Waals surface area contributed by atoms with E-state index in [0.717, 1.165) is 40.3 Å². The molecule has 3 N–H and O–H groups in total. The smallest absolute Gasteiger partial charge is 0.416 e. The summed E-state index contributed by atoms with van der Waals surface area (Å²) < 4.78 is 69.7. The standard InChI is InChI=1S/C27H22F3N3O5S/c1-32-14-21(26(35)36)33-24(34)23(31)20(13-16-8-4-7-15-6-2-3-11-19(15)16)22(25(33)39(32,37)38)17-9-5-10-18(12-17)27(28,29)30/h2-12,21H,13-14,31H2,1H3,(H,35,36). The van der Waals surface area contributed by atoms with Crippen molar-refractivity contribution >= 4 is 32.5 Å². The zero-order chi connectivity index (χ0) is 28.3. The first-order valence-electron chi connectivity index (χ1n) is 11.7. The number of aliphatic carboxylic acids is 1. The van der Waals surface area contributed by atoms with Gasteiger partial charge in [-0.05, 0) is 39.6 Å². The second-order valence-electron chi connectivity index (χ2n) is 9.28. The summed E-state index contributed by atoms with van der Waals surface area (Å²) in [7, 11) is -3.37. The largest absolute Gasteiger partial charge is 0.480 e. The number of pyridine rings is 1. The Bertz CT molecular complexity index is 1810. The fourth-order valence-electron chi connectivity index (χ4n) is 5.00. The highest BCUT2D eigenvalue weighted by atomic mass is 32.2. The van der Waals surface area contributed by atoms with Crippen molar-refractivity contribution in [3.63, 3.8) is 0 Å². The molecule has 0 aliphatic carbocycles. The molecule has 3 aromatic carbocycles. The zero-order valence-corrected chi connectivity index (χ0v) is 21.3. The Balaban J connectivity index is 1.93. The van der Waals surface area contributed by atoms with Crippen molar-refractivity contribution in [3.05, 3.63) is 93.8 Å². The molecule has 0 bridgehead atoms. The number of carboxylic acid groups (broad SMARTS) is 1. The van der Waals surface area contributed by atoms with Crippen molar-refractivity contribution in [2.45, 2.75) is 23.7 Å². The normalized spacial score (nSPS) is 17.2. The molecule has 1 unspecified atom stereocenters. The first-order valence-corrected chi connectivity index (χ1v) is 13.2. The Kier molecular flexibility index (Phi) is 6.27. The summed E-state index contributed by atoms with van der Waals surface area (Å²) in [6, 6.07) is 15.0. The van der Waals surface area contributed by atoms with Gasteiger partial charge in [0.15, 0.2) is 5.03 Å². The summed E-state index contributed by atoms with van der Waals surface area (Å²) in [6.07, 6.45) is -4.85. The van der Waals surface area contributed by atoms with Gasteiger partial charge in [-0.2, -0.15) is 17.5 Å². The number of carboxylic acids is 1. The number of hydrogen-bond donors (Lipinski definition) is 2. The van der Waals surface area contributed by atoms with Crippen LogP contribution in [0.25, 0.3) is 21.9 Å². The van der Waals surface area contributed by atoms with Crippen LogP contribution in [0.3, 0.4) is 0 Å². The molecule has 12 heteroatoms. The predicted molar refractivity (Wildman–Crippen MR) is 139 cm³/mol. The molecule has 1 aliphatic rings. The van der Waals surface area contributed by atoms with E-state index in [0.29, 0.717) is 10.1 Å². The highest BCUT2D eigenvalue weighted by molar-refractivity contribution is 7.89. The lowest BCUT2D eigenvalue weighted by molar-refractivity contribution is -0.141. The number of aromatic nitrogens is 1. The number of hydrogen-bond acceptors (Lipinski definition) is 5. The number of rotatable bonds is 4. The van der Waals surface area contributed by atoms with Crippen LogP contribution in [0.2, 0.25) is 0 Å². The van der Waals surface area contributed by atoms with Gasteiger partial charge in [0.2, 0.25) is 0 Å². The molecule has 8 nitrogen and oxygen atoms in total. The average Bonchev–Trinajstić information content (AvgIpc) is 2.89. The molecular formula is C27H22F3N3O5S. The van der Waals surface area contributed by atoms with E-state index in [1.54, 1.807) is 18.2 Å². The first kappa shape index (κ1) is 26.4. The fourth-order valence-corrected chi connectivity index (χ4v) is 6.59. The third-order valence-electron chi connectivity index (χ3n) is 6.92. The topological polar surface area (TPSA) is 123 Å². The minimum absolute atomic E-state index is 0.00931. The Hall–Kier alpha value is -4.16. The number of nitrogens with two attached hydrogens (primary N) is 1. The van der Waals surface area contributed by atoms with Gasteiger partial charge in [-0.15, -0.1) is 0 Å².